The lowest BCUT2D eigenvalue weighted by Gasteiger charge is -2.36. The summed E-state index contributed by atoms with van der Waals surface area (Å²) in [6, 6.07) is 11.4. The average molecular weight is 483 g/mol. The van der Waals surface area contributed by atoms with Gasteiger partial charge in [0.15, 0.2) is 5.78 Å². The largest absolute Gasteiger partial charge is 0.364 e. The third-order valence-electron chi connectivity index (χ3n) is 6.29. The molecule has 0 fully saturated rings. The van der Waals surface area contributed by atoms with E-state index in [2.05, 4.69) is 10.4 Å². The number of benzene rings is 1. The minimum atomic E-state index is -1.42. The Hall–Kier alpha value is -3.23. The first-order chi connectivity index (χ1) is 16.7. The maximum Gasteiger partial charge on any atom is 0.247 e. The van der Waals surface area contributed by atoms with Crippen LogP contribution in [0.5, 0.6) is 0 Å². The van der Waals surface area contributed by atoms with Crippen molar-refractivity contribution in [3.05, 3.63) is 65.5 Å². The van der Waals surface area contributed by atoms with Crippen LogP contribution >= 0.6 is 0 Å². The van der Waals surface area contributed by atoms with Crippen molar-refractivity contribution in [1.29, 1.82) is 0 Å². The second-order valence-corrected chi connectivity index (χ2v) is 9.51. The Labute approximate surface area is 207 Å². The number of hydrogen-bond donors (Lipinski definition) is 5. The van der Waals surface area contributed by atoms with E-state index in [9.17, 15) is 19.6 Å². The van der Waals surface area contributed by atoms with Crippen LogP contribution in [0, 0.1) is 24.2 Å². The molecule has 1 aromatic heterocycles. The Morgan fingerprint density at radius 2 is 1.89 bits per heavy atom. The molecule has 6 N–H and O–H groups in total. The van der Waals surface area contributed by atoms with Gasteiger partial charge in [0.2, 0.25) is 11.8 Å². The topological polar surface area (TPSA) is 137 Å². The van der Waals surface area contributed by atoms with Gasteiger partial charge in [-0.1, -0.05) is 69.7 Å². The number of carbonyl (C=O) groups excluding carboxylic acids is 3. The Morgan fingerprint density at radius 1 is 1.20 bits per heavy atom. The molecule has 0 saturated heterocycles. The van der Waals surface area contributed by atoms with Crippen molar-refractivity contribution in [2.24, 2.45) is 23.1 Å². The first-order valence-corrected chi connectivity index (χ1v) is 12.1. The Morgan fingerprint density at radius 3 is 2.40 bits per heavy atom. The number of hydrazine groups is 1. The van der Waals surface area contributed by atoms with Crippen LogP contribution in [0.25, 0.3) is 6.08 Å². The number of amides is 2. The Kier molecular flexibility index (Phi) is 10.4. The summed E-state index contributed by atoms with van der Waals surface area (Å²) in [5.74, 6) is 1.98. The second kappa shape index (κ2) is 13.0. The number of aryl methyl sites for hydroxylation is 1. The lowest BCUT2D eigenvalue weighted by molar-refractivity contribution is -0.148. The van der Waals surface area contributed by atoms with E-state index in [1.807, 2.05) is 64.1 Å². The van der Waals surface area contributed by atoms with Crippen LogP contribution in [0.1, 0.15) is 69.2 Å². The van der Waals surface area contributed by atoms with Crippen molar-refractivity contribution in [3.63, 3.8) is 0 Å². The molecule has 0 saturated carbocycles. The zero-order valence-corrected chi connectivity index (χ0v) is 21.0. The van der Waals surface area contributed by atoms with Crippen molar-refractivity contribution in [2.45, 2.75) is 59.3 Å². The average Bonchev–Trinajstić information content (AvgIpc) is 3.27. The standard InChI is InChI=1S/C27H38N4O4/c1-5-14-27(16-18(2)3,26(34)30-28)24(32)23(22-15-19(4)17-29-22)21(25(33)31-35)13-9-12-20-10-7-6-8-11-20/h6-12,15,17-18,21,23,29,35H,5,13-14,16,28H2,1-4H3,(H,30,34)(H,31,33)/b12-9+/t21-,23+,27?/m0/s1. The first kappa shape index (κ1) is 28.0. The summed E-state index contributed by atoms with van der Waals surface area (Å²) in [6.07, 6.45) is 6.73. The predicted molar refractivity (Wildman–Crippen MR) is 136 cm³/mol. The van der Waals surface area contributed by atoms with Crippen LogP contribution < -0.4 is 16.7 Å². The molecule has 1 aromatic carbocycles. The number of Topliss-reactive ketones (excluding diaryl/α,β-unsaturated/α-hetero) is 1. The molecule has 0 spiro atoms. The molecule has 8 heteroatoms. The highest BCUT2D eigenvalue weighted by molar-refractivity contribution is 6.09. The van der Waals surface area contributed by atoms with Crippen LogP contribution in [-0.4, -0.2) is 27.8 Å². The molecule has 0 aliphatic heterocycles. The number of hydroxylamine groups is 1. The van der Waals surface area contributed by atoms with E-state index in [1.165, 1.54) is 0 Å². The third-order valence-corrected chi connectivity index (χ3v) is 6.29. The summed E-state index contributed by atoms with van der Waals surface area (Å²) in [4.78, 5) is 43.6. The number of aromatic nitrogens is 1. The second-order valence-electron chi connectivity index (χ2n) is 9.51. The molecule has 35 heavy (non-hydrogen) atoms. The van der Waals surface area contributed by atoms with Crippen molar-refractivity contribution in [1.82, 2.24) is 15.9 Å². The highest BCUT2D eigenvalue weighted by Gasteiger charge is 2.51. The minimum absolute atomic E-state index is 0.0249. The lowest BCUT2D eigenvalue weighted by atomic mass is 9.65. The monoisotopic (exact) mass is 482 g/mol. The van der Waals surface area contributed by atoms with Gasteiger partial charge in [-0.05, 0) is 49.3 Å². The van der Waals surface area contributed by atoms with E-state index in [1.54, 1.807) is 23.8 Å². The van der Waals surface area contributed by atoms with Gasteiger partial charge in [0.1, 0.15) is 5.41 Å². The van der Waals surface area contributed by atoms with Crippen LogP contribution in [0.4, 0.5) is 0 Å². The fraction of sp³-hybridized carbons (Fsp3) is 0.444. The van der Waals surface area contributed by atoms with E-state index in [-0.39, 0.29) is 31.0 Å². The molecule has 8 nitrogen and oxygen atoms in total. The molecule has 0 radical (unpaired) electrons. The summed E-state index contributed by atoms with van der Waals surface area (Å²) in [5, 5.41) is 9.57. The lowest BCUT2D eigenvalue weighted by Crippen LogP contribution is -2.53. The number of carbonyl (C=O) groups is 3. The number of rotatable bonds is 13. The van der Waals surface area contributed by atoms with Gasteiger partial charge in [-0.25, -0.2) is 11.3 Å². The summed E-state index contributed by atoms with van der Waals surface area (Å²) in [7, 11) is 0. The van der Waals surface area contributed by atoms with Gasteiger partial charge in [0.25, 0.3) is 0 Å². The molecule has 3 atom stereocenters. The number of hydrogen-bond acceptors (Lipinski definition) is 5. The van der Waals surface area contributed by atoms with Crippen molar-refractivity contribution in [2.75, 3.05) is 0 Å². The van der Waals surface area contributed by atoms with Crippen molar-refractivity contribution >= 4 is 23.7 Å². The van der Waals surface area contributed by atoms with Gasteiger partial charge >= 0.3 is 0 Å². The quantitative estimate of drug-likeness (QED) is 0.0965. The number of nitrogens with one attached hydrogen (secondary N) is 3. The van der Waals surface area contributed by atoms with Gasteiger partial charge < -0.3 is 4.98 Å². The highest BCUT2D eigenvalue weighted by Crippen LogP contribution is 2.42. The molecule has 0 aliphatic rings. The Bertz CT molecular complexity index is 1020. The van der Waals surface area contributed by atoms with Crippen molar-refractivity contribution in [3.8, 4) is 0 Å². The zero-order chi connectivity index (χ0) is 26.0. The summed E-state index contributed by atoms with van der Waals surface area (Å²) in [6.45, 7) is 7.66. The van der Waals surface area contributed by atoms with E-state index >= 15 is 0 Å². The number of nitrogens with two attached hydrogens (primary N) is 1. The van der Waals surface area contributed by atoms with Gasteiger partial charge in [-0.15, -0.1) is 0 Å². The Balaban J connectivity index is 2.62. The maximum absolute atomic E-state index is 14.4. The third kappa shape index (κ3) is 6.90. The molecule has 1 heterocycles. The SMILES string of the molecule is CCCC(CC(C)C)(C(=O)NN)C(=O)[C@@H](c1cc(C)c[nH]1)[C@H](C/C=C/c1ccccc1)C(=O)NO. The van der Waals surface area contributed by atoms with Gasteiger partial charge in [0.05, 0.1) is 11.8 Å². The minimum Gasteiger partial charge on any atom is -0.364 e. The molecule has 2 rings (SSSR count). The number of allylic oxidation sites excluding steroid dienone is 1. The molecule has 2 amide bonds. The molecule has 2 aromatic rings. The number of aromatic amines is 1. The highest BCUT2D eigenvalue weighted by atomic mass is 16.5. The molecular formula is C27H38N4O4. The van der Waals surface area contributed by atoms with E-state index < -0.39 is 29.1 Å². The first-order valence-electron chi connectivity index (χ1n) is 12.1. The van der Waals surface area contributed by atoms with E-state index in [4.69, 9.17) is 5.84 Å². The normalized spacial score (nSPS) is 14.9. The predicted octanol–water partition coefficient (Wildman–Crippen LogP) is 4.02. The molecule has 0 aliphatic carbocycles. The van der Waals surface area contributed by atoms with E-state index in [0.717, 1.165) is 11.1 Å². The van der Waals surface area contributed by atoms with Crippen LogP contribution in [0.2, 0.25) is 0 Å². The zero-order valence-electron chi connectivity index (χ0n) is 21.0. The van der Waals surface area contributed by atoms with Crippen molar-refractivity contribution < 1.29 is 19.6 Å². The fourth-order valence-corrected chi connectivity index (χ4v) is 4.84. The van der Waals surface area contributed by atoms with Gasteiger partial charge in [0, 0.05) is 11.9 Å². The molecule has 190 valence electrons. The molecular weight excluding hydrogens is 444 g/mol. The molecule has 0 bridgehead atoms. The van der Waals surface area contributed by atoms with Crippen LogP contribution in [0.3, 0.4) is 0 Å². The summed E-state index contributed by atoms with van der Waals surface area (Å²) < 4.78 is 0. The summed E-state index contributed by atoms with van der Waals surface area (Å²) >= 11 is 0. The molecule has 1 unspecified atom stereocenters. The van der Waals surface area contributed by atoms with Crippen LogP contribution in [-0.2, 0) is 14.4 Å². The van der Waals surface area contributed by atoms with Crippen LogP contribution in [0.15, 0.2) is 48.7 Å². The number of ketones is 1. The van der Waals surface area contributed by atoms with Gasteiger partial charge in [-0.3, -0.25) is 25.0 Å². The smallest absolute Gasteiger partial charge is 0.247 e. The fourth-order valence-electron chi connectivity index (χ4n) is 4.84. The summed E-state index contributed by atoms with van der Waals surface area (Å²) in [5.41, 5.74) is 4.85. The number of H-pyrrole nitrogens is 1. The maximum atomic E-state index is 14.4. The van der Waals surface area contributed by atoms with Gasteiger partial charge in [-0.2, -0.15) is 0 Å². The van der Waals surface area contributed by atoms with E-state index in [0.29, 0.717) is 12.1 Å².